The number of rotatable bonds is 7. The highest BCUT2D eigenvalue weighted by atomic mass is 16.7. The minimum Gasteiger partial charge on any atom is -0.466 e. The van der Waals surface area contributed by atoms with Crippen molar-refractivity contribution in [2.75, 3.05) is 6.61 Å². The van der Waals surface area contributed by atoms with Gasteiger partial charge in [-0.3, -0.25) is 9.63 Å². The molecular formula is C21H33NO3. The van der Waals surface area contributed by atoms with Crippen LogP contribution in [0.3, 0.4) is 0 Å². The van der Waals surface area contributed by atoms with Crippen LogP contribution in [0, 0.1) is 0 Å². The van der Waals surface area contributed by atoms with E-state index < -0.39 is 0 Å². The Morgan fingerprint density at radius 2 is 1.72 bits per heavy atom. The molecule has 1 fully saturated rings. The van der Waals surface area contributed by atoms with E-state index >= 15 is 0 Å². The van der Waals surface area contributed by atoms with Gasteiger partial charge in [0.05, 0.1) is 6.61 Å². The summed E-state index contributed by atoms with van der Waals surface area (Å²) >= 11 is 0. The molecule has 0 N–H and O–H groups in total. The van der Waals surface area contributed by atoms with Crippen LogP contribution in [0.25, 0.3) is 0 Å². The molecule has 1 aromatic carbocycles. The Bertz CT molecular complexity index is 538. The highest BCUT2D eigenvalue weighted by Crippen LogP contribution is 2.41. The van der Waals surface area contributed by atoms with Crippen LogP contribution >= 0.6 is 0 Å². The summed E-state index contributed by atoms with van der Waals surface area (Å²) in [6.07, 6.45) is 4.25. The first-order chi connectivity index (χ1) is 11.8. The summed E-state index contributed by atoms with van der Waals surface area (Å²) in [4.78, 5) is 18.4. The summed E-state index contributed by atoms with van der Waals surface area (Å²) in [6.45, 7) is 11.2. The van der Waals surface area contributed by atoms with Gasteiger partial charge in [0.2, 0.25) is 0 Å². The molecule has 25 heavy (non-hydrogen) atoms. The number of esters is 1. The van der Waals surface area contributed by atoms with E-state index in [1.807, 2.05) is 25.1 Å². The van der Waals surface area contributed by atoms with E-state index in [2.05, 4.69) is 44.9 Å². The number of hydrogen-bond donors (Lipinski definition) is 0. The molecule has 1 saturated heterocycles. The van der Waals surface area contributed by atoms with Crippen molar-refractivity contribution in [1.82, 2.24) is 5.06 Å². The van der Waals surface area contributed by atoms with Gasteiger partial charge in [0.25, 0.3) is 0 Å². The minimum atomic E-state index is -0.163. The Labute approximate surface area is 152 Å². The smallest absolute Gasteiger partial charge is 0.305 e. The monoisotopic (exact) mass is 347 g/mol. The molecule has 0 bridgehead atoms. The lowest BCUT2D eigenvalue weighted by molar-refractivity contribution is -0.308. The zero-order valence-corrected chi connectivity index (χ0v) is 16.4. The second-order valence-corrected chi connectivity index (χ2v) is 8.12. The van der Waals surface area contributed by atoms with E-state index in [-0.39, 0.29) is 23.2 Å². The molecule has 1 aliphatic rings. The van der Waals surface area contributed by atoms with Crippen LogP contribution in [0.2, 0.25) is 0 Å². The molecule has 4 nitrogen and oxygen atoms in total. The molecule has 0 spiro atoms. The van der Waals surface area contributed by atoms with Gasteiger partial charge in [-0.15, -0.1) is 0 Å². The summed E-state index contributed by atoms with van der Waals surface area (Å²) in [6, 6.07) is 10.2. The summed E-state index contributed by atoms with van der Waals surface area (Å²) in [5, 5.41) is 2.17. The predicted octanol–water partition coefficient (Wildman–Crippen LogP) is 5.05. The fraction of sp³-hybridized carbons (Fsp3) is 0.667. The van der Waals surface area contributed by atoms with Crippen LogP contribution in [-0.4, -0.2) is 28.7 Å². The number of nitrogens with zero attached hydrogens (tertiary/aromatic N) is 1. The minimum absolute atomic E-state index is 0.0291. The Kier molecular flexibility index (Phi) is 6.64. The molecule has 1 heterocycles. The van der Waals surface area contributed by atoms with Crippen molar-refractivity contribution >= 4 is 5.97 Å². The van der Waals surface area contributed by atoms with Crippen LogP contribution in [0.1, 0.15) is 78.4 Å². The average Bonchev–Trinajstić information content (AvgIpc) is 2.54. The van der Waals surface area contributed by atoms with E-state index in [4.69, 9.17) is 9.57 Å². The number of benzene rings is 1. The predicted molar refractivity (Wildman–Crippen MR) is 100.0 cm³/mol. The molecule has 0 aromatic heterocycles. The highest BCUT2D eigenvalue weighted by Gasteiger charge is 2.43. The third-order valence-electron chi connectivity index (χ3n) is 5.00. The zero-order chi connectivity index (χ0) is 18.5. The molecule has 1 aromatic rings. The second kappa shape index (κ2) is 8.33. The SMILES string of the molecule is CCOC(=O)CCC(ON1C(C)(C)CCCC1(C)C)c1ccccc1. The van der Waals surface area contributed by atoms with Gasteiger partial charge in [0.1, 0.15) is 6.10 Å². The fourth-order valence-electron chi connectivity index (χ4n) is 3.82. The maximum Gasteiger partial charge on any atom is 0.305 e. The van der Waals surface area contributed by atoms with Gasteiger partial charge in [-0.05, 0) is 65.9 Å². The molecule has 4 heteroatoms. The van der Waals surface area contributed by atoms with Gasteiger partial charge >= 0.3 is 5.97 Å². The number of hydrogen-bond acceptors (Lipinski definition) is 4. The summed E-state index contributed by atoms with van der Waals surface area (Å²) in [5.41, 5.74) is 1.04. The van der Waals surface area contributed by atoms with Gasteiger partial charge in [-0.1, -0.05) is 30.3 Å². The normalized spacial score (nSPS) is 20.8. The number of carbonyl (C=O) groups is 1. The third-order valence-corrected chi connectivity index (χ3v) is 5.00. The number of piperidine rings is 1. The number of carbonyl (C=O) groups excluding carboxylic acids is 1. The van der Waals surface area contributed by atoms with E-state index in [1.165, 1.54) is 6.42 Å². The summed E-state index contributed by atoms with van der Waals surface area (Å²) in [7, 11) is 0. The van der Waals surface area contributed by atoms with Crippen LogP contribution < -0.4 is 0 Å². The first kappa shape index (κ1) is 19.9. The summed E-state index contributed by atoms with van der Waals surface area (Å²) < 4.78 is 5.09. The van der Waals surface area contributed by atoms with Gasteiger partial charge < -0.3 is 4.74 Å². The van der Waals surface area contributed by atoms with Gasteiger partial charge in [0, 0.05) is 17.5 Å². The molecule has 0 amide bonds. The Balaban J connectivity index is 2.18. The van der Waals surface area contributed by atoms with E-state index in [1.54, 1.807) is 0 Å². The lowest BCUT2D eigenvalue weighted by Gasteiger charge is -2.52. The van der Waals surface area contributed by atoms with Crippen molar-refractivity contribution < 1.29 is 14.4 Å². The topological polar surface area (TPSA) is 38.8 Å². The first-order valence-corrected chi connectivity index (χ1v) is 9.44. The van der Waals surface area contributed by atoms with Crippen molar-refractivity contribution in [3.05, 3.63) is 35.9 Å². The zero-order valence-electron chi connectivity index (χ0n) is 16.4. The van der Waals surface area contributed by atoms with Crippen molar-refractivity contribution in [2.24, 2.45) is 0 Å². The molecule has 0 aliphatic carbocycles. The van der Waals surface area contributed by atoms with Gasteiger partial charge in [-0.25, -0.2) is 0 Å². The van der Waals surface area contributed by atoms with Crippen LogP contribution in [0.4, 0.5) is 0 Å². The standard InChI is InChI=1S/C21H33NO3/c1-6-24-19(23)14-13-18(17-11-8-7-9-12-17)25-22-20(2,3)15-10-16-21(22,4)5/h7-9,11-12,18H,6,10,13-16H2,1-5H3. The van der Waals surface area contributed by atoms with Crippen molar-refractivity contribution in [1.29, 1.82) is 0 Å². The Morgan fingerprint density at radius 1 is 1.12 bits per heavy atom. The van der Waals surface area contributed by atoms with Crippen LogP contribution in [-0.2, 0) is 14.4 Å². The Hall–Kier alpha value is -1.39. The second-order valence-electron chi connectivity index (χ2n) is 8.12. The fourth-order valence-corrected chi connectivity index (χ4v) is 3.82. The first-order valence-electron chi connectivity index (χ1n) is 9.44. The van der Waals surface area contributed by atoms with Crippen molar-refractivity contribution in [3.63, 3.8) is 0 Å². The van der Waals surface area contributed by atoms with Gasteiger partial charge in [-0.2, -0.15) is 5.06 Å². The molecular weight excluding hydrogens is 314 g/mol. The number of hydroxylamine groups is 2. The summed E-state index contributed by atoms with van der Waals surface area (Å²) in [5.74, 6) is -0.163. The molecule has 1 unspecified atom stereocenters. The molecule has 0 saturated carbocycles. The van der Waals surface area contributed by atoms with Gasteiger partial charge in [0.15, 0.2) is 0 Å². The molecule has 140 valence electrons. The lowest BCUT2D eigenvalue weighted by Crippen LogP contribution is -2.58. The highest BCUT2D eigenvalue weighted by molar-refractivity contribution is 5.69. The van der Waals surface area contributed by atoms with Crippen LogP contribution in [0.15, 0.2) is 30.3 Å². The van der Waals surface area contributed by atoms with E-state index in [0.717, 1.165) is 18.4 Å². The molecule has 1 aliphatic heterocycles. The van der Waals surface area contributed by atoms with Crippen LogP contribution in [0.5, 0.6) is 0 Å². The average molecular weight is 347 g/mol. The van der Waals surface area contributed by atoms with Crippen molar-refractivity contribution in [2.45, 2.75) is 83.9 Å². The Morgan fingerprint density at radius 3 is 2.28 bits per heavy atom. The molecule has 1 atom stereocenters. The lowest BCUT2D eigenvalue weighted by atomic mass is 9.82. The number of ether oxygens (including phenoxy) is 1. The molecule has 2 rings (SSSR count). The van der Waals surface area contributed by atoms with E-state index in [9.17, 15) is 4.79 Å². The van der Waals surface area contributed by atoms with Crippen molar-refractivity contribution in [3.8, 4) is 0 Å². The molecule has 0 radical (unpaired) electrons. The van der Waals surface area contributed by atoms with E-state index in [0.29, 0.717) is 19.4 Å². The maximum atomic E-state index is 11.8. The third kappa shape index (κ3) is 5.29. The largest absolute Gasteiger partial charge is 0.466 e. The quantitative estimate of drug-likeness (QED) is 0.647. The maximum absolute atomic E-state index is 11.8.